The minimum absolute atomic E-state index is 0.178. The van der Waals surface area contributed by atoms with Crippen LogP contribution in [0, 0.1) is 6.92 Å². The molecule has 4 nitrogen and oxygen atoms in total. The fraction of sp³-hybridized carbons (Fsp3) is 0.500. The van der Waals surface area contributed by atoms with Gasteiger partial charge in [0.15, 0.2) is 0 Å². The van der Waals surface area contributed by atoms with Crippen LogP contribution in [0.25, 0.3) is 0 Å². The average molecular weight is 257 g/mol. The standard InChI is InChI=1S/C12H19NO3S/c1-10-4-6-12(7-5-10)11(2)13-8-3-9-17(14,15)16/h4-7,11,13H,3,8-9H2,1-2H3,(H,14,15,16). The molecule has 96 valence electrons. The SMILES string of the molecule is Cc1ccc(C(C)NCCCS(=O)(=O)O)cc1. The van der Waals surface area contributed by atoms with E-state index in [0.717, 1.165) is 0 Å². The number of hydrogen-bond acceptors (Lipinski definition) is 3. The Morgan fingerprint density at radius 2 is 1.88 bits per heavy atom. The van der Waals surface area contributed by atoms with Gasteiger partial charge in [-0.05, 0) is 32.4 Å². The lowest BCUT2D eigenvalue weighted by molar-refractivity contribution is 0.477. The average Bonchev–Trinajstić information content (AvgIpc) is 2.24. The van der Waals surface area contributed by atoms with Crippen molar-refractivity contribution in [3.05, 3.63) is 35.4 Å². The Bertz CT molecular complexity index is 439. The van der Waals surface area contributed by atoms with Gasteiger partial charge in [0.1, 0.15) is 0 Å². The first-order valence-corrected chi connectivity index (χ1v) is 7.24. The zero-order valence-corrected chi connectivity index (χ0v) is 11.0. The van der Waals surface area contributed by atoms with Gasteiger partial charge in [-0.25, -0.2) is 0 Å². The summed E-state index contributed by atoms with van der Waals surface area (Å²) >= 11 is 0. The molecule has 1 aromatic rings. The summed E-state index contributed by atoms with van der Waals surface area (Å²) in [5.74, 6) is -0.194. The highest BCUT2D eigenvalue weighted by atomic mass is 32.2. The van der Waals surface area contributed by atoms with Gasteiger partial charge in [-0.2, -0.15) is 8.42 Å². The number of hydrogen-bond donors (Lipinski definition) is 2. The molecule has 1 atom stereocenters. The van der Waals surface area contributed by atoms with Gasteiger partial charge in [-0.1, -0.05) is 29.8 Å². The highest BCUT2D eigenvalue weighted by Crippen LogP contribution is 2.12. The van der Waals surface area contributed by atoms with E-state index in [-0.39, 0.29) is 11.8 Å². The second-order valence-corrected chi connectivity index (χ2v) is 5.80. The van der Waals surface area contributed by atoms with Crippen LogP contribution < -0.4 is 5.32 Å². The molecule has 17 heavy (non-hydrogen) atoms. The molecule has 0 saturated heterocycles. The van der Waals surface area contributed by atoms with Crippen molar-refractivity contribution >= 4 is 10.1 Å². The fourth-order valence-electron chi connectivity index (χ4n) is 1.55. The smallest absolute Gasteiger partial charge is 0.264 e. The summed E-state index contributed by atoms with van der Waals surface area (Å²) in [6, 6.07) is 8.38. The Kier molecular flexibility index (Phi) is 5.11. The molecule has 5 heteroatoms. The van der Waals surface area contributed by atoms with E-state index in [0.29, 0.717) is 13.0 Å². The maximum absolute atomic E-state index is 10.5. The summed E-state index contributed by atoms with van der Waals surface area (Å²) in [6.45, 7) is 4.63. The minimum atomic E-state index is -3.83. The predicted octanol–water partition coefficient (Wildman–Crippen LogP) is 1.92. The molecular formula is C12H19NO3S. The van der Waals surface area contributed by atoms with Crippen LogP contribution in [0.15, 0.2) is 24.3 Å². The van der Waals surface area contributed by atoms with E-state index in [1.54, 1.807) is 0 Å². The van der Waals surface area contributed by atoms with E-state index in [2.05, 4.69) is 17.4 Å². The van der Waals surface area contributed by atoms with Crippen molar-refractivity contribution < 1.29 is 13.0 Å². The molecule has 0 amide bonds. The summed E-state index contributed by atoms with van der Waals surface area (Å²) in [6.07, 6.45) is 0.412. The van der Waals surface area contributed by atoms with Crippen LogP contribution >= 0.6 is 0 Å². The summed E-state index contributed by atoms with van der Waals surface area (Å²) < 4.78 is 29.6. The highest BCUT2D eigenvalue weighted by molar-refractivity contribution is 7.85. The molecule has 1 unspecified atom stereocenters. The van der Waals surface area contributed by atoms with E-state index in [1.807, 2.05) is 26.0 Å². The Morgan fingerprint density at radius 1 is 1.29 bits per heavy atom. The molecule has 0 bridgehead atoms. The summed E-state index contributed by atoms with van der Waals surface area (Å²) in [5.41, 5.74) is 2.38. The normalized spacial score (nSPS) is 13.6. The summed E-state index contributed by atoms with van der Waals surface area (Å²) in [7, 11) is -3.83. The summed E-state index contributed by atoms with van der Waals surface area (Å²) in [4.78, 5) is 0. The third-order valence-corrected chi connectivity index (χ3v) is 3.41. The second kappa shape index (κ2) is 6.14. The molecule has 0 aliphatic rings. The first kappa shape index (κ1) is 14.2. The largest absolute Gasteiger partial charge is 0.310 e. The number of benzene rings is 1. The molecular weight excluding hydrogens is 238 g/mol. The Labute approximate surface area is 103 Å². The molecule has 0 fully saturated rings. The van der Waals surface area contributed by atoms with Gasteiger partial charge in [0.05, 0.1) is 5.75 Å². The number of nitrogens with one attached hydrogen (secondary N) is 1. The lowest BCUT2D eigenvalue weighted by atomic mass is 10.1. The van der Waals surface area contributed by atoms with Crippen molar-refractivity contribution in [3.8, 4) is 0 Å². The van der Waals surface area contributed by atoms with E-state index in [1.165, 1.54) is 11.1 Å². The predicted molar refractivity (Wildman–Crippen MR) is 68.6 cm³/mol. The highest BCUT2D eigenvalue weighted by Gasteiger charge is 2.06. The van der Waals surface area contributed by atoms with E-state index >= 15 is 0 Å². The molecule has 0 spiro atoms. The Morgan fingerprint density at radius 3 is 2.41 bits per heavy atom. The molecule has 0 radical (unpaired) electrons. The van der Waals surface area contributed by atoms with Gasteiger partial charge in [-0.3, -0.25) is 4.55 Å². The zero-order chi connectivity index (χ0) is 12.9. The van der Waals surface area contributed by atoms with Crippen LogP contribution in [0.4, 0.5) is 0 Å². The molecule has 1 rings (SSSR count). The van der Waals surface area contributed by atoms with Crippen LogP contribution in [-0.2, 0) is 10.1 Å². The molecule has 1 aromatic carbocycles. The third-order valence-electron chi connectivity index (χ3n) is 2.61. The number of rotatable bonds is 6. The first-order valence-electron chi connectivity index (χ1n) is 5.63. The van der Waals surface area contributed by atoms with Gasteiger partial charge in [0, 0.05) is 6.04 Å². The van der Waals surface area contributed by atoms with Gasteiger partial charge in [-0.15, -0.1) is 0 Å². The van der Waals surface area contributed by atoms with Crippen molar-refractivity contribution in [1.82, 2.24) is 5.32 Å². The minimum Gasteiger partial charge on any atom is -0.310 e. The molecule has 0 heterocycles. The quantitative estimate of drug-likeness (QED) is 0.603. The molecule has 2 N–H and O–H groups in total. The molecule has 0 saturated carbocycles. The zero-order valence-electron chi connectivity index (χ0n) is 10.2. The molecule has 0 aromatic heterocycles. The van der Waals surface area contributed by atoms with Crippen LogP contribution in [0.5, 0.6) is 0 Å². The Hall–Kier alpha value is -0.910. The lowest BCUT2D eigenvalue weighted by Crippen LogP contribution is -2.21. The van der Waals surface area contributed by atoms with E-state index in [4.69, 9.17) is 4.55 Å². The van der Waals surface area contributed by atoms with Crippen LogP contribution in [0.1, 0.15) is 30.5 Å². The maximum atomic E-state index is 10.5. The van der Waals surface area contributed by atoms with E-state index in [9.17, 15) is 8.42 Å². The van der Waals surface area contributed by atoms with Crippen molar-refractivity contribution in [2.45, 2.75) is 26.3 Å². The van der Waals surface area contributed by atoms with Crippen molar-refractivity contribution in [2.24, 2.45) is 0 Å². The lowest BCUT2D eigenvalue weighted by Gasteiger charge is -2.14. The van der Waals surface area contributed by atoms with Crippen molar-refractivity contribution in [3.63, 3.8) is 0 Å². The molecule has 0 aliphatic carbocycles. The van der Waals surface area contributed by atoms with Gasteiger partial charge >= 0.3 is 0 Å². The van der Waals surface area contributed by atoms with Gasteiger partial charge in [0.2, 0.25) is 0 Å². The summed E-state index contributed by atoms with van der Waals surface area (Å²) in [5, 5.41) is 3.22. The molecule has 0 aliphatic heterocycles. The maximum Gasteiger partial charge on any atom is 0.264 e. The monoisotopic (exact) mass is 257 g/mol. The third kappa shape index (κ3) is 5.81. The Balaban J connectivity index is 2.35. The van der Waals surface area contributed by atoms with Gasteiger partial charge in [0.25, 0.3) is 10.1 Å². The van der Waals surface area contributed by atoms with Gasteiger partial charge < -0.3 is 5.32 Å². The fourth-order valence-corrected chi connectivity index (χ4v) is 2.06. The number of aryl methyl sites for hydroxylation is 1. The van der Waals surface area contributed by atoms with Crippen molar-refractivity contribution in [1.29, 1.82) is 0 Å². The second-order valence-electron chi connectivity index (χ2n) is 4.23. The van der Waals surface area contributed by atoms with Crippen LogP contribution in [0.3, 0.4) is 0 Å². The van der Waals surface area contributed by atoms with Crippen molar-refractivity contribution in [2.75, 3.05) is 12.3 Å². The topological polar surface area (TPSA) is 66.4 Å². The van der Waals surface area contributed by atoms with E-state index < -0.39 is 10.1 Å². The van der Waals surface area contributed by atoms with Crippen LogP contribution in [0.2, 0.25) is 0 Å². The van der Waals surface area contributed by atoms with Crippen LogP contribution in [-0.4, -0.2) is 25.3 Å². The first-order chi connectivity index (χ1) is 7.88.